The van der Waals surface area contributed by atoms with Crippen LogP contribution in [0.3, 0.4) is 0 Å². The minimum Gasteiger partial charge on any atom is -0.369 e. The van der Waals surface area contributed by atoms with Gasteiger partial charge in [0.25, 0.3) is 0 Å². The van der Waals surface area contributed by atoms with Crippen molar-refractivity contribution in [2.24, 2.45) is 0 Å². The number of piperazine rings is 1. The molecule has 0 saturated carbocycles. The van der Waals surface area contributed by atoms with Gasteiger partial charge in [0.1, 0.15) is 0 Å². The fraction of sp³-hybridized carbons (Fsp3) is 0.435. The van der Waals surface area contributed by atoms with E-state index in [9.17, 15) is 26.4 Å². The van der Waals surface area contributed by atoms with Crippen LogP contribution in [0.1, 0.15) is 24.8 Å². The van der Waals surface area contributed by atoms with Crippen molar-refractivity contribution in [2.75, 3.05) is 49.5 Å². The van der Waals surface area contributed by atoms with Crippen molar-refractivity contribution < 1.29 is 26.4 Å². The zero-order valence-corrected chi connectivity index (χ0v) is 19.4. The third kappa shape index (κ3) is 5.47. The van der Waals surface area contributed by atoms with Gasteiger partial charge in [0.2, 0.25) is 10.0 Å². The number of hydrogen-bond acceptors (Lipinski definition) is 4. The molecular formula is C23H27F3N4O3S. The number of rotatable bonds is 4. The number of alkyl halides is 3. The highest BCUT2D eigenvalue weighted by Crippen LogP contribution is 2.32. The number of carbonyl (C=O) groups excluding carboxylic acids is 1. The van der Waals surface area contributed by atoms with Gasteiger partial charge in [-0.3, -0.25) is 0 Å². The Morgan fingerprint density at radius 3 is 2.12 bits per heavy atom. The van der Waals surface area contributed by atoms with Crippen LogP contribution in [0.2, 0.25) is 0 Å². The van der Waals surface area contributed by atoms with E-state index in [1.807, 2.05) is 0 Å². The predicted molar refractivity (Wildman–Crippen MR) is 123 cm³/mol. The van der Waals surface area contributed by atoms with Crippen molar-refractivity contribution >= 4 is 27.4 Å². The molecule has 0 unspecified atom stereocenters. The summed E-state index contributed by atoms with van der Waals surface area (Å²) in [6.07, 6.45) is -1.36. The molecule has 4 rings (SSSR count). The van der Waals surface area contributed by atoms with Gasteiger partial charge in [-0.2, -0.15) is 17.5 Å². The summed E-state index contributed by atoms with van der Waals surface area (Å²) in [5.41, 5.74) is 0.206. The summed E-state index contributed by atoms with van der Waals surface area (Å²) < 4.78 is 66.5. The van der Waals surface area contributed by atoms with Crippen LogP contribution in [0, 0.1) is 0 Å². The number of sulfonamides is 1. The second-order valence-electron chi connectivity index (χ2n) is 8.44. The Hall–Kier alpha value is -2.79. The van der Waals surface area contributed by atoms with Crippen molar-refractivity contribution in [1.29, 1.82) is 0 Å². The molecule has 1 N–H and O–H groups in total. The monoisotopic (exact) mass is 496 g/mol. The Bertz CT molecular complexity index is 1110. The van der Waals surface area contributed by atoms with E-state index in [0.29, 0.717) is 24.5 Å². The number of carbonyl (C=O) groups is 1. The second kappa shape index (κ2) is 9.83. The summed E-state index contributed by atoms with van der Waals surface area (Å²) in [5.74, 6) is 0. The van der Waals surface area contributed by atoms with Gasteiger partial charge >= 0.3 is 12.2 Å². The molecule has 34 heavy (non-hydrogen) atoms. The molecule has 7 nitrogen and oxygen atoms in total. The summed E-state index contributed by atoms with van der Waals surface area (Å²) in [6.45, 7) is 2.31. The molecular weight excluding hydrogens is 469 g/mol. The third-order valence-corrected chi connectivity index (χ3v) is 8.08. The van der Waals surface area contributed by atoms with Crippen LogP contribution in [0.25, 0.3) is 0 Å². The maximum Gasteiger partial charge on any atom is 0.416 e. The van der Waals surface area contributed by atoms with Crippen LogP contribution in [0.4, 0.5) is 29.3 Å². The van der Waals surface area contributed by atoms with E-state index in [2.05, 4.69) is 5.32 Å². The molecule has 0 spiro atoms. The molecule has 184 valence electrons. The highest BCUT2D eigenvalue weighted by atomic mass is 32.2. The van der Waals surface area contributed by atoms with Gasteiger partial charge in [-0.1, -0.05) is 6.07 Å². The van der Waals surface area contributed by atoms with Crippen LogP contribution in [-0.2, 0) is 16.2 Å². The standard InChI is InChI=1S/C23H27F3N4O3S/c24-23(25,26)18-5-4-6-20(17-18)28-13-15-30(16-14-28)34(32,33)21-9-7-19(8-10-21)27-22(31)29-11-2-1-3-12-29/h4-10,17H,1-3,11-16H2,(H,27,31). The number of amides is 2. The van der Waals surface area contributed by atoms with Gasteiger partial charge < -0.3 is 15.1 Å². The Morgan fingerprint density at radius 2 is 1.50 bits per heavy atom. The first-order valence-electron chi connectivity index (χ1n) is 11.2. The summed E-state index contributed by atoms with van der Waals surface area (Å²) in [4.78, 5) is 15.9. The fourth-order valence-corrected chi connectivity index (χ4v) is 5.65. The highest BCUT2D eigenvalue weighted by Gasteiger charge is 2.32. The average Bonchev–Trinajstić information content (AvgIpc) is 2.84. The van der Waals surface area contributed by atoms with E-state index in [1.54, 1.807) is 28.0 Å². The first kappa shape index (κ1) is 24.3. The lowest BCUT2D eigenvalue weighted by atomic mass is 10.1. The van der Waals surface area contributed by atoms with E-state index in [-0.39, 0.29) is 37.1 Å². The topological polar surface area (TPSA) is 73.0 Å². The van der Waals surface area contributed by atoms with Gasteiger partial charge in [-0.15, -0.1) is 0 Å². The van der Waals surface area contributed by atoms with E-state index in [0.717, 1.165) is 31.4 Å². The van der Waals surface area contributed by atoms with Gasteiger partial charge in [-0.25, -0.2) is 13.2 Å². The molecule has 2 aliphatic rings. The van der Waals surface area contributed by atoms with E-state index >= 15 is 0 Å². The Labute approximate surface area is 197 Å². The molecule has 0 aliphatic carbocycles. The number of benzene rings is 2. The Kier molecular flexibility index (Phi) is 7.04. The van der Waals surface area contributed by atoms with Gasteiger partial charge in [0.05, 0.1) is 10.5 Å². The lowest BCUT2D eigenvalue weighted by molar-refractivity contribution is -0.137. The maximum absolute atomic E-state index is 13.1. The summed E-state index contributed by atoms with van der Waals surface area (Å²) in [7, 11) is -3.76. The molecule has 2 aromatic rings. The molecule has 0 aromatic heterocycles. The van der Waals surface area contributed by atoms with Crippen molar-refractivity contribution in [2.45, 2.75) is 30.3 Å². The van der Waals surface area contributed by atoms with Crippen molar-refractivity contribution in [1.82, 2.24) is 9.21 Å². The normalized spacial score (nSPS) is 18.1. The van der Waals surface area contributed by atoms with Crippen molar-refractivity contribution in [3.63, 3.8) is 0 Å². The van der Waals surface area contributed by atoms with Crippen molar-refractivity contribution in [3.8, 4) is 0 Å². The maximum atomic E-state index is 13.1. The number of nitrogens with one attached hydrogen (secondary N) is 1. The molecule has 0 bridgehead atoms. The summed E-state index contributed by atoms with van der Waals surface area (Å²) in [6, 6.07) is 10.9. The molecule has 2 aliphatic heterocycles. The molecule has 11 heteroatoms. The zero-order valence-electron chi connectivity index (χ0n) is 18.6. The first-order valence-corrected chi connectivity index (χ1v) is 12.7. The van der Waals surface area contributed by atoms with Crippen LogP contribution in [0.15, 0.2) is 53.4 Å². The molecule has 0 atom stereocenters. The quantitative estimate of drug-likeness (QED) is 0.688. The smallest absolute Gasteiger partial charge is 0.369 e. The molecule has 2 saturated heterocycles. The number of anilines is 2. The van der Waals surface area contributed by atoms with E-state index in [4.69, 9.17) is 0 Å². The van der Waals surface area contributed by atoms with Crippen molar-refractivity contribution in [3.05, 3.63) is 54.1 Å². The average molecular weight is 497 g/mol. The summed E-state index contributed by atoms with van der Waals surface area (Å²) >= 11 is 0. The molecule has 2 fully saturated rings. The Morgan fingerprint density at radius 1 is 0.853 bits per heavy atom. The lowest BCUT2D eigenvalue weighted by Crippen LogP contribution is -2.48. The van der Waals surface area contributed by atoms with E-state index < -0.39 is 21.8 Å². The molecule has 0 radical (unpaired) electrons. The highest BCUT2D eigenvalue weighted by molar-refractivity contribution is 7.89. The minimum atomic E-state index is -4.43. The fourth-order valence-electron chi connectivity index (χ4n) is 4.22. The first-order chi connectivity index (χ1) is 16.1. The van der Waals surface area contributed by atoms with E-state index in [1.165, 1.54) is 22.5 Å². The predicted octanol–water partition coefficient (Wildman–Crippen LogP) is 4.23. The second-order valence-corrected chi connectivity index (χ2v) is 10.4. The number of urea groups is 1. The molecule has 2 aromatic carbocycles. The SMILES string of the molecule is O=C(Nc1ccc(S(=O)(=O)N2CCN(c3cccc(C(F)(F)F)c3)CC2)cc1)N1CCCCC1. The zero-order chi connectivity index (χ0) is 24.3. The van der Waals surface area contributed by atoms with Crippen LogP contribution in [0.5, 0.6) is 0 Å². The lowest BCUT2D eigenvalue weighted by Gasteiger charge is -2.35. The molecule has 2 heterocycles. The minimum absolute atomic E-state index is 0.107. The Balaban J connectivity index is 1.37. The largest absolute Gasteiger partial charge is 0.416 e. The number of halogens is 3. The third-order valence-electron chi connectivity index (χ3n) is 6.16. The van der Waals surface area contributed by atoms with Crippen LogP contribution >= 0.6 is 0 Å². The number of hydrogen-bond donors (Lipinski definition) is 1. The van der Waals surface area contributed by atoms with Gasteiger partial charge in [-0.05, 0) is 61.7 Å². The van der Waals surface area contributed by atoms with Crippen LogP contribution < -0.4 is 10.2 Å². The summed E-state index contributed by atoms with van der Waals surface area (Å²) in [5, 5.41) is 2.80. The molecule has 2 amide bonds. The van der Waals surface area contributed by atoms with Gasteiger partial charge in [0, 0.05) is 50.6 Å². The number of piperidine rings is 1. The number of likely N-dealkylation sites (tertiary alicyclic amines) is 1. The van der Waals surface area contributed by atoms with Crippen LogP contribution in [-0.4, -0.2) is 62.9 Å². The number of nitrogens with zero attached hydrogens (tertiary/aromatic N) is 3. The van der Waals surface area contributed by atoms with Gasteiger partial charge in [0.15, 0.2) is 0 Å².